The second-order valence-electron chi connectivity index (χ2n) is 8.62. The quantitative estimate of drug-likeness (QED) is 0.233. The molecule has 190 valence electrons. The van der Waals surface area contributed by atoms with Crippen LogP contribution in [-0.4, -0.2) is 42.0 Å². The van der Waals surface area contributed by atoms with Gasteiger partial charge in [0.1, 0.15) is 18.3 Å². The molecular weight excluding hydrogens is 524 g/mol. The molecule has 0 N–H and O–H groups in total. The molecule has 36 heavy (non-hydrogen) atoms. The van der Waals surface area contributed by atoms with Gasteiger partial charge >= 0.3 is 5.97 Å². The van der Waals surface area contributed by atoms with Crippen LogP contribution >= 0.6 is 15.9 Å². The number of rotatable bonds is 11. The minimum absolute atomic E-state index is 0.286. The van der Waals surface area contributed by atoms with E-state index in [1.165, 1.54) is 6.92 Å². The molecule has 4 rings (SSSR count). The summed E-state index contributed by atoms with van der Waals surface area (Å²) >= 11 is 3.56. The van der Waals surface area contributed by atoms with Crippen LogP contribution in [0, 0.1) is 0 Å². The number of carbonyl (C=O) groups excluding carboxylic acids is 1. The summed E-state index contributed by atoms with van der Waals surface area (Å²) in [5.74, 6) is -0.415. The molecule has 1 heterocycles. The second kappa shape index (κ2) is 13.7. The fraction of sp³-hybridized carbons (Fsp3) is 0.345. The largest absolute Gasteiger partial charge is 0.456 e. The minimum atomic E-state index is -0.697. The summed E-state index contributed by atoms with van der Waals surface area (Å²) in [6.07, 6.45) is -2.27. The van der Waals surface area contributed by atoms with E-state index in [9.17, 15) is 4.79 Å². The van der Waals surface area contributed by atoms with E-state index in [1.807, 2.05) is 91.0 Å². The molecule has 0 radical (unpaired) electrons. The van der Waals surface area contributed by atoms with Crippen molar-refractivity contribution in [3.63, 3.8) is 0 Å². The molecule has 0 spiro atoms. The normalized spacial score (nSPS) is 23.8. The van der Waals surface area contributed by atoms with Crippen molar-refractivity contribution in [3.05, 3.63) is 108 Å². The lowest BCUT2D eigenvalue weighted by Crippen LogP contribution is -2.60. The zero-order chi connectivity index (χ0) is 25.2. The zero-order valence-electron chi connectivity index (χ0n) is 20.2. The van der Waals surface area contributed by atoms with Crippen LogP contribution in [0.3, 0.4) is 0 Å². The Labute approximate surface area is 220 Å². The van der Waals surface area contributed by atoms with Crippen LogP contribution in [0.5, 0.6) is 0 Å². The maximum Gasteiger partial charge on any atom is 0.303 e. The first-order valence-electron chi connectivity index (χ1n) is 12.0. The molecule has 1 fully saturated rings. The Morgan fingerprint density at radius 2 is 1.19 bits per heavy atom. The number of carbonyl (C=O) groups is 1. The van der Waals surface area contributed by atoms with Crippen LogP contribution in [0.2, 0.25) is 0 Å². The molecule has 1 unspecified atom stereocenters. The number of esters is 1. The van der Waals surface area contributed by atoms with Crippen LogP contribution in [0.1, 0.15) is 23.6 Å². The van der Waals surface area contributed by atoms with E-state index in [4.69, 9.17) is 23.7 Å². The van der Waals surface area contributed by atoms with Gasteiger partial charge in [-0.25, -0.2) is 0 Å². The summed E-state index contributed by atoms with van der Waals surface area (Å²) in [7, 11) is 0. The fourth-order valence-electron chi connectivity index (χ4n) is 4.11. The molecule has 1 aliphatic rings. The predicted molar refractivity (Wildman–Crippen MR) is 139 cm³/mol. The molecule has 0 aliphatic carbocycles. The third-order valence-corrected chi connectivity index (χ3v) is 6.58. The molecular formula is C29H31BrO6. The van der Waals surface area contributed by atoms with E-state index in [-0.39, 0.29) is 6.61 Å². The summed E-state index contributed by atoms with van der Waals surface area (Å²) in [5, 5.41) is -0.580. The Morgan fingerprint density at radius 3 is 1.69 bits per heavy atom. The van der Waals surface area contributed by atoms with E-state index in [1.54, 1.807) is 0 Å². The first-order chi connectivity index (χ1) is 17.6. The summed E-state index contributed by atoms with van der Waals surface area (Å²) in [6.45, 7) is 2.81. The maximum atomic E-state index is 12.0. The van der Waals surface area contributed by atoms with Gasteiger partial charge < -0.3 is 23.7 Å². The van der Waals surface area contributed by atoms with Crippen LogP contribution in [0.4, 0.5) is 0 Å². The van der Waals surface area contributed by atoms with Gasteiger partial charge in [-0.05, 0) is 16.7 Å². The zero-order valence-corrected chi connectivity index (χ0v) is 21.8. The highest BCUT2D eigenvalue weighted by atomic mass is 79.9. The van der Waals surface area contributed by atoms with Gasteiger partial charge in [0.25, 0.3) is 0 Å². The number of hydrogen-bond acceptors (Lipinski definition) is 6. The van der Waals surface area contributed by atoms with Crippen molar-refractivity contribution in [1.82, 2.24) is 0 Å². The van der Waals surface area contributed by atoms with Crippen molar-refractivity contribution < 1.29 is 28.5 Å². The van der Waals surface area contributed by atoms with Crippen molar-refractivity contribution in [2.45, 2.75) is 56.2 Å². The SMILES string of the molecule is CC(=O)O[C@@H]1C(Br)O[C@@H](COCc2ccccc2)[C@@H](OCc2ccccc2)[C@@H]1OCc1ccccc1. The molecule has 1 saturated heterocycles. The lowest BCUT2D eigenvalue weighted by molar-refractivity contribution is -0.247. The van der Waals surface area contributed by atoms with Gasteiger partial charge in [-0.15, -0.1) is 0 Å². The highest BCUT2D eigenvalue weighted by Gasteiger charge is 2.48. The third-order valence-electron chi connectivity index (χ3n) is 5.84. The van der Waals surface area contributed by atoms with Crippen molar-refractivity contribution >= 4 is 21.9 Å². The van der Waals surface area contributed by atoms with Crippen LogP contribution in [-0.2, 0) is 48.3 Å². The highest BCUT2D eigenvalue weighted by Crippen LogP contribution is 2.32. The summed E-state index contributed by atoms with van der Waals surface area (Å²) in [4.78, 5) is 12.0. The van der Waals surface area contributed by atoms with Gasteiger partial charge in [-0.2, -0.15) is 0 Å². The van der Waals surface area contributed by atoms with Crippen molar-refractivity contribution in [2.24, 2.45) is 0 Å². The average Bonchev–Trinajstić information content (AvgIpc) is 2.90. The van der Waals surface area contributed by atoms with Gasteiger partial charge in [-0.3, -0.25) is 4.79 Å². The lowest BCUT2D eigenvalue weighted by atomic mass is 9.99. The smallest absolute Gasteiger partial charge is 0.303 e. The standard InChI is InChI=1S/C29H31BrO6/c1-21(31)35-28-27(34-19-24-15-9-4-10-16-24)26(33-18-23-13-7-3-8-14-23)25(36-29(28)30)20-32-17-22-11-5-2-6-12-22/h2-16,25-29H,17-20H2,1H3/t25-,26+,27-,28-,29?/m0/s1. The maximum absolute atomic E-state index is 12.0. The monoisotopic (exact) mass is 554 g/mol. The molecule has 6 nitrogen and oxygen atoms in total. The first kappa shape index (κ1) is 26.5. The average molecular weight is 555 g/mol. The Hall–Kier alpha value is -2.55. The Kier molecular flexibility index (Phi) is 10.1. The van der Waals surface area contributed by atoms with Crippen LogP contribution in [0.15, 0.2) is 91.0 Å². The molecule has 0 bridgehead atoms. The topological polar surface area (TPSA) is 63.2 Å². The summed E-state index contributed by atoms with van der Waals surface area (Å²) in [5.41, 5.74) is 3.10. The molecule has 0 aromatic heterocycles. The molecule has 1 aliphatic heterocycles. The van der Waals surface area contributed by atoms with E-state index >= 15 is 0 Å². The first-order valence-corrected chi connectivity index (χ1v) is 12.9. The Balaban J connectivity index is 1.53. The van der Waals surface area contributed by atoms with Gasteiger partial charge in [-0.1, -0.05) is 107 Å². The number of halogens is 1. The van der Waals surface area contributed by atoms with Crippen molar-refractivity contribution in [2.75, 3.05) is 6.61 Å². The molecule has 3 aromatic rings. The van der Waals surface area contributed by atoms with Gasteiger partial charge in [0.2, 0.25) is 0 Å². The minimum Gasteiger partial charge on any atom is -0.456 e. The van der Waals surface area contributed by atoms with E-state index < -0.39 is 35.4 Å². The number of hydrogen-bond donors (Lipinski definition) is 0. The van der Waals surface area contributed by atoms with Crippen molar-refractivity contribution in [1.29, 1.82) is 0 Å². The number of alkyl halides is 1. The van der Waals surface area contributed by atoms with Crippen molar-refractivity contribution in [3.8, 4) is 0 Å². The van der Waals surface area contributed by atoms with Crippen LogP contribution < -0.4 is 0 Å². The third kappa shape index (κ3) is 7.72. The summed E-state index contributed by atoms with van der Waals surface area (Å²) < 4.78 is 30.7. The van der Waals surface area contributed by atoms with E-state index in [0.717, 1.165) is 16.7 Å². The lowest BCUT2D eigenvalue weighted by Gasteiger charge is -2.44. The predicted octanol–water partition coefficient (Wildman–Crippen LogP) is 5.43. The molecule has 7 heteroatoms. The molecule has 3 aromatic carbocycles. The highest BCUT2D eigenvalue weighted by molar-refractivity contribution is 9.09. The Bertz CT molecular complexity index is 1050. The van der Waals surface area contributed by atoms with Gasteiger partial charge in [0.05, 0.1) is 26.4 Å². The number of benzene rings is 3. The summed E-state index contributed by atoms with van der Waals surface area (Å²) in [6, 6.07) is 29.7. The Morgan fingerprint density at radius 1 is 0.722 bits per heavy atom. The van der Waals surface area contributed by atoms with E-state index in [2.05, 4.69) is 15.9 Å². The molecule has 5 atom stereocenters. The second-order valence-corrected chi connectivity index (χ2v) is 9.53. The number of ether oxygens (including phenoxy) is 5. The molecule has 0 amide bonds. The van der Waals surface area contributed by atoms with Gasteiger partial charge in [0, 0.05) is 6.92 Å². The fourth-order valence-corrected chi connectivity index (χ4v) is 4.79. The van der Waals surface area contributed by atoms with E-state index in [0.29, 0.717) is 19.8 Å². The van der Waals surface area contributed by atoms with Gasteiger partial charge in [0.15, 0.2) is 11.1 Å². The molecule has 0 saturated carbocycles. The van der Waals surface area contributed by atoms with Crippen LogP contribution in [0.25, 0.3) is 0 Å².